The Kier molecular flexibility index (Phi) is 3.74. The molecule has 0 heterocycles. The summed E-state index contributed by atoms with van der Waals surface area (Å²) in [7, 11) is 0. The van der Waals surface area contributed by atoms with Crippen molar-refractivity contribution in [3.63, 3.8) is 0 Å². The second-order valence-electron chi connectivity index (χ2n) is 4.82. The van der Waals surface area contributed by atoms with Crippen molar-refractivity contribution in [1.29, 1.82) is 0 Å². The standard InChI is InChI=1S/C14H22/c1-5-14(4,12(2)3)11-13-9-7-6-8-10-13/h6-10,12H,5,11H2,1-4H3. The van der Waals surface area contributed by atoms with E-state index in [9.17, 15) is 0 Å². The van der Waals surface area contributed by atoms with Crippen LogP contribution in [-0.4, -0.2) is 0 Å². The summed E-state index contributed by atoms with van der Waals surface area (Å²) in [6.45, 7) is 9.34. The van der Waals surface area contributed by atoms with Crippen molar-refractivity contribution < 1.29 is 0 Å². The van der Waals surface area contributed by atoms with Gasteiger partial charge >= 0.3 is 0 Å². The minimum absolute atomic E-state index is 0.446. The van der Waals surface area contributed by atoms with Crippen LogP contribution < -0.4 is 0 Å². The maximum absolute atomic E-state index is 2.39. The topological polar surface area (TPSA) is 0 Å². The first kappa shape index (κ1) is 11.3. The smallest absolute Gasteiger partial charge is 0.0222 e. The van der Waals surface area contributed by atoms with Crippen molar-refractivity contribution in [2.45, 2.75) is 40.5 Å². The average Bonchev–Trinajstić information content (AvgIpc) is 2.19. The van der Waals surface area contributed by atoms with Gasteiger partial charge in [0.2, 0.25) is 0 Å². The van der Waals surface area contributed by atoms with Crippen LogP contribution in [0.15, 0.2) is 30.3 Å². The fraction of sp³-hybridized carbons (Fsp3) is 0.571. The third-order valence-corrected chi connectivity index (χ3v) is 3.65. The highest BCUT2D eigenvalue weighted by molar-refractivity contribution is 5.16. The summed E-state index contributed by atoms with van der Waals surface area (Å²) >= 11 is 0. The van der Waals surface area contributed by atoms with Crippen molar-refractivity contribution in [2.24, 2.45) is 11.3 Å². The second kappa shape index (κ2) is 4.63. The van der Waals surface area contributed by atoms with Crippen LogP contribution in [0.25, 0.3) is 0 Å². The molecule has 0 radical (unpaired) electrons. The van der Waals surface area contributed by atoms with Gasteiger partial charge in [0.05, 0.1) is 0 Å². The first-order valence-electron chi connectivity index (χ1n) is 5.62. The lowest BCUT2D eigenvalue weighted by Crippen LogP contribution is -2.25. The van der Waals surface area contributed by atoms with Gasteiger partial charge in [-0.1, -0.05) is 64.4 Å². The van der Waals surface area contributed by atoms with Gasteiger partial charge in [-0.05, 0) is 23.3 Å². The van der Waals surface area contributed by atoms with Crippen LogP contribution in [-0.2, 0) is 6.42 Å². The number of hydrogen-bond acceptors (Lipinski definition) is 0. The van der Waals surface area contributed by atoms with Crippen LogP contribution in [0, 0.1) is 11.3 Å². The molecule has 0 N–H and O–H groups in total. The van der Waals surface area contributed by atoms with Crippen molar-refractivity contribution in [3.05, 3.63) is 35.9 Å². The summed E-state index contributed by atoms with van der Waals surface area (Å²) in [4.78, 5) is 0. The van der Waals surface area contributed by atoms with E-state index in [2.05, 4.69) is 58.0 Å². The molecule has 0 saturated heterocycles. The Bertz CT molecular complexity index is 261. The Labute approximate surface area is 88.4 Å². The summed E-state index contributed by atoms with van der Waals surface area (Å²) < 4.78 is 0. The van der Waals surface area contributed by atoms with E-state index in [1.807, 2.05) is 0 Å². The number of rotatable bonds is 4. The molecule has 0 saturated carbocycles. The van der Waals surface area contributed by atoms with E-state index in [0.717, 1.165) is 5.92 Å². The fourth-order valence-corrected chi connectivity index (χ4v) is 1.80. The minimum Gasteiger partial charge on any atom is -0.0648 e. The third kappa shape index (κ3) is 2.60. The van der Waals surface area contributed by atoms with Crippen molar-refractivity contribution >= 4 is 0 Å². The van der Waals surface area contributed by atoms with E-state index in [-0.39, 0.29) is 0 Å². The highest BCUT2D eigenvalue weighted by atomic mass is 14.3. The summed E-state index contributed by atoms with van der Waals surface area (Å²) in [5.74, 6) is 0.743. The quantitative estimate of drug-likeness (QED) is 0.664. The number of benzene rings is 1. The predicted octanol–water partition coefficient (Wildman–Crippen LogP) is 4.30. The van der Waals surface area contributed by atoms with Crippen molar-refractivity contribution in [1.82, 2.24) is 0 Å². The average molecular weight is 190 g/mol. The molecule has 0 aliphatic carbocycles. The normalized spacial score (nSPS) is 15.5. The second-order valence-corrected chi connectivity index (χ2v) is 4.82. The lowest BCUT2D eigenvalue weighted by atomic mass is 9.72. The molecular formula is C14H22. The summed E-state index contributed by atoms with van der Waals surface area (Å²) in [5.41, 5.74) is 1.91. The van der Waals surface area contributed by atoms with E-state index in [0.29, 0.717) is 5.41 Å². The molecule has 1 atom stereocenters. The lowest BCUT2D eigenvalue weighted by Gasteiger charge is -2.33. The maximum Gasteiger partial charge on any atom is -0.0222 e. The molecule has 0 heteroatoms. The maximum atomic E-state index is 2.39. The van der Waals surface area contributed by atoms with Crippen LogP contribution in [0.4, 0.5) is 0 Å². The summed E-state index contributed by atoms with van der Waals surface area (Å²) in [6, 6.07) is 10.8. The molecule has 0 aromatic heterocycles. The van der Waals surface area contributed by atoms with Crippen LogP contribution in [0.5, 0.6) is 0 Å². The zero-order chi connectivity index (χ0) is 10.6. The third-order valence-electron chi connectivity index (χ3n) is 3.65. The Hall–Kier alpha value is -0.780. The molecule has 1 aromatic rings. The molecular weight excluding hydrogens is 168 g/mol. The van der Waals surface area contributed by atoms with Gasteiger partial charge in [-0.25, -0.2) is 0 Å². The molecule has 0 nitrogen and oxygen atoms in total. The van der Waals surface area contributed by atoms with Gasteiger partial charge in [0, 0.05) is 0 Å². The minimum atomic E-state index is 0.446. The van der Waals surface area contributed by atoms with Crippen LogP contribution >= 0.6 is 0 Å². The number of hydrogen-bond donors (Lipinski definition) is 0. The predicted molar refractivity (Wildman–Crippen MR) is 63.4 cm³/mol. The Morgan fingerprint density at radius 1 is 1.14 bits per heavy atom. The van der Waals surface area contributed by atoms with Crippen molar-refractivity contribution in [3.8, 4) is 0 Å². The molecule has 0 fully saturated rings. The molecule has 1 unspecified atom stereocenters. The highest BCUT2D eigenvalue weighted by Crippen LogP contribution is 2.34. The molecule has 0 amide bonds. The van der Waals surface area contributed by atoms with Gasteiger partial charge in [-0.15, -0.1) is 0 Å². The molecule has 14 heavy (non-hydrogen) atoms. The first-order valence-corrected chi connectivity index (χ1v) is 5.62. The highest BCUT2D eigenvalue weighted by Gasteiger charge is 2.26. The molecule has 0 aliphatic rings. The summed E-state index contributed by atoms with van der Waals surface area (Å²) in [6.07, 6.45) is 2.45. The van der Waals surface area contributed by atoms with E-state index in [1.165, 1.54) is 18.4 Å². The van der Waals surface area contributed by atoms with Crippen molar-refractivity contribution in [2.75, 3.05) is 0 Å². The van der Waals surface area contributed by atoms with E-state index >= 15 is 0 Å². The largest absolute Gasteiger partial charge is 0.0648 e. The Balaban J connectivity index is 2.76. The van der Waals surface area contributed by atoms with Gasteiger partial charge in [-0.2, -0.15) is 0 Å². The zero-order valence-corrected chi connectivity index (χ0v) is 9.88. The van der Waals surface area contributed by atoms with E-state index < -0.39 is 0 Å². The summed E-state index contributed by atoms with van der Waals surface area (Å²) in [5, 5.41) is 0. The Morgan fingerprint density at radius 2 is 1.71 bits per heavy atom. The van der Waals surface area contributed by atoms with E-state index in [1.54, 1.807) is 0 Å². The monoisotopic (exact) mass is 190 g/mol. The lowest BCUT2D eigenvalue weighted by molar-refractivity contribution is 0.207. The van der Waals surface area contributed by atoms with E-state index in [4.69, 9.17) is 0 Å². The SMILES string of the molecule is CCC(C)(Cc1ccccc1)C(C)C. The molecule has 0 aliphatic heterocycles. The van der Waals surface area contributed by atoms with Gasteiger partial charge in [0.15, 0.2) is 0 Å². The molecule has 1 aromatic carbocycles. The van der Waals surface area contributed by atoms with Gasteiger partial charge in [-0.3, -0.25) is 0 Å². The molecule has 0 spiro atoms. The Morgan fingerprint density at radius 3 is 2.14 bits per heavy atom. The zero-order valence-electron chi connectivity index (χ0n) is 9.88. The molecule has 1 rings (SSSR count). The van der Waals surface area contributed by atoms with Crippen LogP contribution in [0.3, 0.4) is 0 Å². The first-order chi connectivity index (χ1) is 6.58. The van der Waals surface area contributed by atoms with Gasteiger partial charge in [0.25, 0.3) is 0 Å². The molecule has 78 valence electrons. The fourth-order valence-electron chi connectivity index (χ4n) is 1.80. The molecule has 0 bridgehead atoms. The van der Waals surface area contributed by atoms with Crippen LogP contribution in [0.2, 0.25) is 0 Å². The van der Waals surface area contributed by atoms with Crippen LogP contribution in [0.1, 0.15) is 39.7 Å². The van der Waals surface area contributed by atoms with Gasteiger partial charge < -0.3 is 0 Å². The van der Waals surface area contributed by atoms with Gasteiger partial charge in [0.1, 0.15) is 0 Å².